The molecule has 1 aliphatic carbocycles. The summed E-state index contributed by atoms with van der Waals surface area (Å²) in [5, 5.41) is 0. The smallest absolute Gasteiger partial charge is 1.00 e. The molecular weight excluding hydrogens is 318 g/mol. The van der Waals surface area contributed by atoms with Gasteiger partial charge in [0, 0.05) is 0 Å². The van der Waals surface area contributed by atoms with E-state index in [1.165, 1.54) is 12.8 Å². The molecule has 1 rings (SSSR count). The third kappa shape index (κ3) is 46.0. The van der Waals surface area contributed by atoms with Crippen molar-refractivity contribution in [1.29, 1.82) is 0 Å². The number of halogens is 2. The van der Waals surface area contributed by atoms with Crippen molar-refractivity contribution in [1.82, 2.24) is 0 Å². The summed E-state index contributed by atoms with van der Waals surface area (Å²) in [7, 11) is 0. The van der Waals surface area contributed by atoms with Crippen molar-refractivity contribution in [2.75, 3.05) is 0 Å². The van der Waals surface area contributed by atoms with E-state index in [0.29, 0.717) is 0 Å². The van der Waals surface area contributed by atoms with Gasteiger partial charge in [0.15, 0.2) is 0 Å². The Hall–Kier alpha value is 0.943. The first kappa shape index (κ1) is 30.2. The summed E-state index contributed by atoms with van der Waals surface area (Å²) in [4.78, 5) is 0. The van der Waals surface area contributed by atoms with Crippen LogP contribution < -0.4 is 24.8 Å². The summed E-state index contributed by atoms with van der Waals surface area (Å²) in [6.45, 7) is 8.36. The number of rotatable bonds is 2. The summed E-state index contributed by atoms with van der Waals surface area (Å²) in [5.74, 6) is 0. The van der Waals surface area contributed by atoms with Gasteiger partial charge in [-0.15, -0.1) is 6.42 Å². The molecule has 0 fully saturated rings. The van der Waals surface area contributed by atoms with Crippen molar-refractivity contribution in [2.45, 2.75) is 47.0 Å². The summed E-state index contributed by atoms with van der Waals surface area (Å²) in [6, 6.07) is 0. The molecular formula is C13H23Cl2Zr-3. The molecule has 1 aliphatic rings. The Kier molecular flexibility index (Phi) is 68.0. The number of unbranched alkanes of at least 4 members (excludes halogenated alkanes) is 2. The van der Waals surface area contributed by atoms with Crippen molar-refractivity contribution < 1.29 is 51.0 Å². The third-order valence-electron chi connectivity index (χ3n) is 1.40. The Balaban J connectivity index is -0.0000000350. The Bertz CT molecular complexity index is 105. The molecule has 0 bridgehead atoms. The van der Waals surface area contributed by atoms with Crippen LogP contribution in [-0.4, -0.2) is 0 Å². The van der Waals surface area contributed by atoms with Crippen molar-refractivity contribution in [3.05, 3.63) is 37.1 Å². The molecule has 0 amide bonds. The molecule has 0 N–H and O–H groups in total. The number of allylic oxidation sites excluding steroid dienone is 4. The van der Waals surface area contributed by atoms with Crippen molar-refractivity contribution in [3.63, 3.8) is 0 Å². The van der Waals surface area contributed by atoms with Gasteiger partial charge in [-0.1, -0.05) is 13.8 Å². The molecule has 0 atom stereocenters. The van der Waals surface area contributed by atoms with E-state index < -0.39 is 0 Å². The molecule has 0 unspecified atom stereocenters. The molecule has 0 aromatic rings. The zero-order chi connectivity index (χ0) is 10.4. The standard InChI is InChI=1S/C5H5.2C4H9.2ClH.Zr/c1-2-4-5-3-1;2*1-3-4-2;;;/h1-3H,4H2;2*3H,4H2,1-2H3;2*1H;/q3*-1;;;+2/p-2. The molecule has 96 valence electrons. The molecule has 0 aliphatic heterocycles. The first-order valence-corrected chi connectivity index (χ1v) is 5.10. The van der Waals surface area contributed by atoms with Gasteiger partial charge in [0.05, 0.1) is 0 Å². The second-order valence-electron chi connectivity index (χ2n) is 2.64. The summed E-state index contributed by atoms with van der Waals surface area (Å²) in [6.07, 6.45) is 16.6. The average Bonchev–Trinajstić information content (AvgIpc) is 2.76. The van der Waals surface area contributed by atoms with Gasteiger partial charge in [0.1, 0.15) is 0 Å². The quantitative estimate of drug-likeness (QED) is 0.540. The average molecular weight is 341 g/mol. The molecule has 0 saturated heterocycles. The second-order valence-corrected chi connectivity index (χ2v) is 2.64. The number of hydrogen-bond donors (Lipinski definition) is 0. The molecule has 0 aromatic carbocycles. The predicted molar refractivity (Wildman–Crippen MR) is 62.1 cm³/mol. The molecule has 16 heavy (non-hydrogen) atoms. The van der Waals surface area contributed by atoms with Crippen LogP contribution in [0.15, 0.2) is 18.2 Å². The first-order valence-electron chi connectivity index (χ1n) is 5.10. The Morgan fingerprint density at radius 1 is 1.06 bits per heavy atom. The topological polar surface area (TPSA) is 0 Å². The van der Waals surface area contributed by atoms with Gasteiger partial charge < -0.3 is 37.7 Å². The van der Waals surface area contributed by atoms with Crippen LogP contribution in [0.2, 0.25) is 0 Å². The van der Waals surface area contributed by atoms with Gasteiger partial charge in [-0.25, -0.2) is 12.2 Å². The van der Waals surface area contributed by atoms with Crippen molar-refractivity contribution in [3.8, 4) is 0 Å². The maximum absolute atomic E-state index is 2.99. The predicted octanol–water partition coefficient (Wildman–Crippen LogP) is -1.45. The van der Waals surface area contributed by atoms with Gasteiger partial charge in [-0.2, -0.15) is 32.8 Å². The van der Waals surface area contributed by atoms with Crippen molar-refractivity contribution in [2.24, 2.45) is 0 Å². The van der Waals surface area contributed by atoms with E-state index in [-0.39, 0.29) is 51.0 Å². The van der Waals surface area contributed by atoms with Gasteiger partial charge in [0.2, 0.25) is 0 Å². The first-order chi connectivity index (χ1) is 6.33. The molecule has 0 heterocycles. The van der Waals surface area contributed by atoms with E-state index in [9.17, 15) is 0 Å². The van der Waals surface area contributed by atoms with Crippen LogP contribution in [0.1, 0.15) is 47.0 Å². The molecule has 0 saturated carbocycles. The van der Waals surface area contributed by atoms with Gasteiger partial charge in [-0.05, 0) is 0 Å². The normalized spacial score (nSPS) is 9.25. The fourth-order valence-electron chi connectivity index (χ4n) is 0.340. The largest absolute Gasteiger partial charge is 2.00 e. The molecule has 0 aromatic heterocycles. The fraction of sp³-hybridized carbons (Fsp3) is 0.538. The Morgan fingerprint density at radius 2 is 1.44 bits per heavy atom. The fourth-order valence-corrected chi connectivity index (χ4v) is 0.340. The van der Waals surface area contributed by atoms with Gasteiger partial charge in [-0.3, -0.25) is 6.08 Å². The van der Waals surface area contributed by atoms with Gasteiger partial charge in [0.25, 0.3) is 0 Å². The zero-order valence-corrected chi connectivity index (χ0v) is 14.7. The molecule has 0 nitrogen and oxygen atoms in total. The minimum Gasteiger partial charge on any atom is -1.00 e. The Labute approximate surface area is 134 Å². The zero-order valence-electron chi connectivity index (χ0n) is 10.8. The van der Waals surface area contributed by atoms with E-state index in [2.05, 4.69) is 52.7 Å². The minimum absolute atomic E-state index is 0. The monoisotopic (exact) mass is 339 g/mol. The van der Waals surface area contributed by atoms with Crippen LogP contribution in [0.25, 0.3) is 0 Å². The second kappa shape index (κ2) is 36.0. The van der Waals surface area contributed by atoms with Gasteiger partial charge >= 0.3 is 26.2 Å². The molecule has 0 spiro atoms. The van der Waals surface area contributed by atoms with Crippen molar-refractivity contribution >= 4 is 0 Å². The SMILES string of the molecule is C[CH-]CC.C[CH-]CC.[C-]1=CC=CC1.[Cl-].[Cl-].[Zr+2]. The van der Waals surface area contributed by atoms with Crippen LogP contribution >= 0.6 is 0 Å². The summed E-state index contributed by atoms with van der Waals surface area (Å²) < 4.78 is 0. The van der Waals surface area contributed by atoms with Crippen LogP contribution in [0, 0.1) is 18.9 Å². The van der Waals surface area contributed by atoms with Crippen LogP contribution in [0.3, 0.4) is 0 Å². The minimum atomic E-state index is 0. The Morgan fingerprint density at radius 3 is 1.50 bits per heavy atom. The maximum Gasteiger partial charge on any atom is 2.00 e. The summed E-state index contributed by atoms with van der Waals surface area (Å²) >= 11 is 0. The van der Waals surface area contributed by atoms with E-state index in [0.717, 1.165) is 6.42 Å². The van der Waals surface area contributed by atoms with Crippen LogP contribution in [0.4, 0.5) is 0 Å². The molecule has 3 heteroatoms. The summed E-state index contributed by atoms with van der Waals surface area (Å²) in [5.41, 5.74) is 0. The van der Waals surface area contributed by atoms with E-state index in [1.54, 1.807) is 0 Å². The maximum atomic E-state index is 2.99. The van der Waals surface area contributed by atoms with E-state index in [4.69, 9.17) is 0 Å². The number of hydrogen-bond acceptors (Lipinski definition) is 0. The van der Waals surface area contributed by atoms with E-state index in [1.807, 2.05) is 12.2 Å². The van der Waals surface area contributed by atoms with E-state index >= 15 is 0 Å². The molecule has 0 radical (unpaired) electrons. The third-order valence-corrected chi connectivity index (χ3v) is 1.40. The van der Waals surface area contributed by atoms with Crippen LogP contribution in [-0.2, 0) is 26.2 Å². The van der Waals surface area contributed by atoms with Crippen LogP contribution in [0.5, 0.6) is 0 Å².